The van der Waals surface area contributed by atoms with Gasteiger partial charge in [0.25, 0.3) is 0 Å². The van der Waals surface area contributed by atoms with Crippen LogP contribution >= 0.6 is 0 Å². The molecule has 0 aliphatic carbocycles. The van der Waals surface area contributed by atoms with Gasteiger partial charge < -0.3 is 39.3 Å². The number of fused-ring (bicyclic) bond motifs is 5. The highest BCUT2D eigenvalue weighted by Crippen LogP contribution is 2.43. The first-order valence-electron chi connectivity index (χ1n) is 17.1. The van der Waals surface area contributed by atoms with Crippen LogP contribution in [0, 0.1) is 0 Å². The molecule has 3 N–H and O–H groups in total. The topological polar surface area (TPSA) is 155 Å². The van der Waals surface area contributed by atoms with Gasteiger partial charge in [-0.05, 0) is 53.1 Å². The second-order valence-electron chi connectivity index (χ2n) is 12.4. The number of carbonyl (C=O) groups is 3. The molecule has 3 amide bonds. The van der Waals surface area contributed by atoms with Gasteiger partial charge in [0, 0.05) is 36.7 Å². The van der Waals surface area contributed by atoms with Crippen LogP contribution in [0.15, 0.2) is 60.9 Å². The molecule has 6 rings (SSSR count). The number of hydrogen-bond acceptors (Lipinski definition) is 8. The number of alkyl carbamates (subject to hydrolysis) is 1. The minimum absolute atomic E-state index is 0.0463. The molecular formula is C38H43N7O6. The van der Waals surface area contributed by atoms with E-state index >= 15 is 0 Å². The maximum atomic E-state index is 12.7. The largest absolute Gasteiger partial charge is 0.488 e. The normalized spacial score (nSPS) is 11.8. The third-order valence-electron chi connectivity index (χ3n) is 8.83. The van der Waals surface area contributed by atoms with Crippen LogP contribution in [0.3, 0.4) is 0 Å². The van der Waals surface area contributed by atoms with Crippen LogP contribution < -0.4 is 10.1 Å². The van der Waals surface area contributed by atoms with E-state index in [1.165, 1.54) is 14.2 Å². The Morgan fingerprint density at radius 1 is 0.824 bits per heavy atom. The Morgan fingerprint density at radius 3 is 2.10 bits per heavy atom. The summed E-state index contributed by atoms with van der Waals surface area (Å²) in [5.74, 6) is 1.94. The van der Waals surface area contributed by atoms with Crippen LogP contribution in [0.4, 0.5) is 4.79 Å². The van der Waals surface area contributed by atoms with Gasteiger partial charge in [0.2, 0.25) is 11.8 Å². The number of rotatable bonds is 14. The van der Waals surface area contributed by atoms with Crippen molar-refractivity contribution in [2.24, 2.45) is 0 Å². The van der Waals surface area contributed by atoms with Gasteiger partial charge in [0.05, 0.1) is 44.0 Å². The quantitative estimate of drug-likeness (QED) is 0.135. The zero-order chi connectivity index (χ0) is 35.9. The summed E-state index contributed by atoms with van der Waals surface area (Å²) in [7, 11) is 2.78. The Kier molecular flexibility index (Phi) is 11.0. The molecule has 0 atom stereocenters. The Bertz CT molecular complexity index is 2040. The average Bonchev–Trinajstić information content (AvgIpc) is 3.83. The molecule has 3 heterocycles. The number of aromatic nitrogens is 4. The molecule has 0 saturated carbocycles. The molecular weight excluding hydrogens is 650 g/mol. The average molecular weight is 694 g/mol. The van der Waals surface area contributed by atoms with Gasteiger partial charge in [-0.15, -0.1) is 0 Å². The second-order valence-corrected chi connectivity index (χ2v) is 12.4. The lowest BCUT2D eigenvalue weighted by atomic mass is 9.92. The third-order valence-corrected chi connectivity index (χ3v) is 8.83. The fraction of sp³-hybridized carbons (Fsp3) is 0.342. The molecule has 0 spiro atoms. The molecule has 51 heavy (non-hydrogen) atoms. The molecule has 0 radical (unpaired) electrons. The maximum Gasteiger partial charge on any atom is 0.407 e. The number of hydrogen-bond donors (Lipinski definition) is 3. The van der Waals surface area contributed by atoms with Crippen molar-refractivity contribution >= 4 is 28.7 Å². The molecule has 0 saturated heterocycles. The number of nitrogens with one attached hydrogen (secondary N) is 3. The van der Waals surface area contributed by atoms with Crippen LogP contribution in [0.1, 0.15) is 43.9 Å². The second kappa shape index (κ2) is 15.9. The lowest BCUT2D eigenvalue weighted by Gasteiger charge is -2.23. The molecule has 266 valence electrons. The van der Waals surface area contributed by atoms with Crippen LogP contribution in [0.2, 0.25) is 0 Å². The Morgan fingerprint density at radius 2 is 1.45 bits per heavy atom. The highest BCUT2D eigenvalue weighted by molar-refractivity contribution is 5.98. The number of amides is 3. The number of carbonyl (C=O) groups excluding carboxylic acids is 3. The van der Waals surface area contributed by atoms with E-state index in [4.69, 9.17) is 9.47 Å². The summed E-state index contributed by atoms with van der Waals surface area (Å²) in [6.45, 7) is 6.20. The Hall–Kier alpha value is -5.69. The minimum Gasteiger partial charge on any atom is -0.488 e. The van der Waals surface area contributed by atoms with E-state index < -0.39 is 6.09 Å². The van der Waals surface area contributed by atoms with E-state index in [1.54, 1.807) is 22.2 Å². The first-order valence-corrected chi connectivity index (χ1v) is 17.1. The number of imidazole rings is 2. The smallest absolute Gasteiger partial charge is 0.407 e. The molecule has 0 unspecified atom stereocenters. The van der Waals surface area contributed by atoms with Crippen molar-refractivity contribution in [1.82, 2.24) is 35.1 Å². The van der Waals surface area contributed by atoms with Crippen molar-refractivity contribution in [3.63, 3.8) is 0 Å². The number of nitrogens with zero attached hydrogens (tertiary/aromatic N) is 4. The highest BCUT2D eigenvalue weighted by Gasteiger charge is 2.22. The highest BCUT2D eigenvalue weighted by atomic mass is 16.5. The van der Waals surface area contributed by atoms with Gasteiger partial charge in [0.15, 0.2) is 0 Å². The van der Waals surface area contributed by atoms with Crippen molar-refractivity contribution < 1.29 is 28.6 Å². The van der Waals surface area contributed by atoms with Gasteiger partial charge in [0.1, 0.15) is 37.2 Å². The van der Waals surface area contributed by atoms with Crippen LogP contribution in [0.25, 0.3) is 44.4 Å². The lowest BCUT2D eigenvalue weighted by Crippen LogP contribution is -2.40. The summed E-state index contributed by atoms with van der Waals surface area (Å²) in [5, 5.41) is 4.52. The van der Waals surface area contributed by atoms with E-state index in [0.29, 0.717) is 38.6 Å². The number of aromatic amines is 2. The minimum atomic E-state index is -0.647. The predicted octanol–water partition coefficient (Wildman–Crippen LogP) is 5.66. The van der Waals surface area contributed by atoms with Crippen molar-refractivity contribution in [3.05, 3.63) is 78.1 Å². The fourth-order valence-corrected chi connectivity index (χ4v) is 6.34. The van der Waals surface area contributed by atoms with Crippen molar-refractivity contribution in [2.45, 2.75) is 46.4 Å². The Balaban J connectivity index is 1.17. The zero-order valence-corrected chi connectivity index (χ0v) is 29.4. The first kappa shape index (κ1) is 35.1. The van der Waals surface area contributed by atoms with Crippen LogP contribution in [-0.2, 0) is 38.8 Å². The molecule has 5 aromatic rings. The zero-order valence-electron chi connectivity index (χ0n) is 29.4. The lowest BCUT2D eigenvalue weighted by molar-refractivity contribution is -0.136. The summed E-state index contributed by atoms with van der Waals surface area (Å²) in [6, 6.07) is 16.8. The fourth-order valence-electron chi connectivity index (χ4n) is 6.34. The molecule has 13 nitrogen and oxygen atoms in total. The first-order chi connectivity index (χ1) is 24.8. The SMILES string of the molecule is CCCN(Cc1ncc(-c2ccc3c(c2)COc2c-3ccc3cc(-c4cnc(CN(CCC)C(=O)COC)[nH]4)ccc23)[nH]1)C(=O)CNC(=O)OC. The van der Waals surface area contributed by atoms with Crippen molar-refractivity contribution in [3.8, 4) is 39.4 Å². The van der Waals surface area contributed by atoms with Gasteiger partial charge >= 0.3 is 6.09 Å². The molecule has 0 fully saturated rings. The van der Waals surface area contributed by atoms with E-state index in [9.17, 15) is 14.4 Å². The number of ether oxygens (including phenoxy) is 3. The number of H-pyrrole nitrogens is 2. The number of benzene rings is 3. The van der Waals surface area contributed by atoms with Crippen molar-refractivity contribution in [2.75, 3.05) is 40.5 Å². The van der Waals surface area contributed by atoms with Crippen LogP contribution in [-0.4, -0.2) is 88.1 Å². The van der Waals surface area contributed by atoms with E-state index in [1.807, 2.05) is 13.8 Å². The van der Waals surface area contributed by atoms with E-state index in [0.717, 1.165) is 74.4 Å². The standard InChI is InChI=1S/C38H43N7O6/c1-5-13-44(35(46)19-41-38(48)50-4)20-33-39-18-32(43-33)26-8-10-28-27(16-26)22-51-37-29-11-9-25(15-24(29)7-12-30(28)37)31-17-40-34(42-31)21-45(14-6-2)36(47)23-49-3/h7-12,15-18H,5-6,13-14,19-23H2,1-4H3,(H,39,43)(H,40,42)(H,41,48). The summed E-state index contributed by atoms with van der Waals surface area (Å²) < 4.78 is 16.0. The maximum absolute atomic E-state index is 12.7. The summed E-state index contributed by atoms with van der Waals surface area (Å²) in [6.07, 6.45) is 4.54. The molecule has 1 aliphatic rings. The van der Waals surface area contributed by atoms with Gasteiger partial charge in [-0.25, -0.2) is 14.8 Å². The van der Waals surface area contributed by atoms with Gasteiger partial charge in [-0.2, -0.15) is 0 Å². The van der Waals surface area contributed by atoms with E-state index in [-0.39, 0.29) is 25.0 Å². The van der Waals surface area contributed by atoms with E-state index in [2.05, 4.69) is 78.5 Å². The predicted molar refractivity (Wildman–Crippen MR) is 193 cm³/mol. The van der Waals surface area contributed by atoms with Crippen LogP contribution in [0.5, 0.6) is 5.75 Å². The van der Waals surface area contributed by atoms with Crippen molar-refractivity contribution in [1.29, 1.82) is 0 Å². The Labute approximate surface area is 296 Å². The monoisotopic (exact) mass is 693 g/mol. The summed E-state index contributed by atoms with van der Waals surface area (Å²) in [5.41, 5.74) is 6.88. The molecule has 3 aromatic carbocycles. The summed E-state index contributed by atoms with van der Waals surface area (Å²) in [4.78, 5) is 55.9. The van der Waals surface area contributed by atoms with Gasteiger partial charge in [-0.3, -0.25) is 9.59 Å². The molecule has 13 heteroatoms. The number of methoxy groups -OCH3 is 2. The molecule has 2 aromatic heterocycles. The van der Waals surface area contributed by atoms with Gasteiger partial charge in [-0.1, -0.05) is 44.2 Å². The third kappa shape index (κ3) is 7.88. The summed E-state index contributed by atoms with van der Waals surface area (Å²) >= 11 is 0. The molecule has 0 bridgehead atoms. The molecule has 1 aliphatic heterocycles.